The third kappa shape index (κ3) is 6.77. The molecule has 1 aliphatic heterocycles. The van der Waals surface area contributed by atoms with Gasteiger partial charge in [-0.15, -0.1) is 0 Å². The van der Waals surface area contributed by atoms with Crippen LogP contribution in [-0.2, 0) is 16.0 Å². The smallest absolute Gasteiger partial charge is 0.227 e. The average Bonchev–Trinajstić information content (AvgIpc) is 2.76. The molecule has 1 N–H and O–H groups in total. The highest BCUT2D eigenvalue weighted by Gasteiger charge is 2.20. The molecule has 2 aromatic carbocycles. The van der Waals surface area contributed by atoms with Crippen molar-refractivity contribution in [3.63, 3.8) is 0 Å². The maximum Gasteiger partial charge on any atom is 0.227 e. The van der Waals surface area contributed by atoms with Crippen LogP contribution in [0.2, 0.25) is 0 Å². The van der Waals surface area contributed by atoms with Gasteiger partial charge in [-0.3, -0.25) is 9.69 Å². The fourth-order valence-corrected chi connectivity index (χ4v) is 3.75. The topological polar surface area (TPSA) is 41.6 Å². The summed E-state index contributed by atoms with van der Waals surface area (Å²) in [6.45, 7) is 5.40. The van der Waals surface area contributed by atoms with E-state index in [9.17, 15) is 4.79 Å². The Morgan fingerprint density at radius 1 is 0.964 bits per heavy atom. The van der Waals surface area contributed by atoms with Crippen LogP contribution in [0.3, 0.4) is 0 Å². The molecule has 3 rings (SSSR count). The lowest BCUT2D eigenvalue weighted by Gasteiger charge is -2.26. The van der Waals surface area contributed by atoms with Crippen molar-refractivity contribution in [1.29, 1.82) is 0 Å². The number of carbonyl (C=O) groups is 1. The fraction of sp³-hybridized carbons (Fsp3) is 0.458. The number of aryl methyl sites for hydroxylation is 1. The van der Waals surface area contributed by atoms with Gasteiger partial charge < -0.3 is 10.1 Å². The van der Waals surface area contributed by atoms with Gasteiger partial charge in [-0.05, 0) is 43.4 Å². The molecule has 1 atom stereocenters. The monoisotopic (exact) mass is 380 g/mol. The summed E-state index contributed by atoms with van der Waals surface area (Å²) in [4.78, 5) is 15.3. The summed E-state index contributed by atoms with van der Waals surface area (Å²) in [5.41, 5.74) is 2.45. The number of ether oxygens (including phenoxy) is 1. The molecule has 0 aliphatic carbocycles. The van der Waals surface area contributed by atoms with Crippen LogP contribution in [0.4, 0.5) is 0 Å². The number of amides is 1. The Kier molecular flexibility index (Phi) is 8.54. The quantitative estimate of drug-likeness (QED) is 0.640. The van der Waals surface area contributed by atoms with Gasteiger partial charge in [-0.25, -0.2) is 0 Å². The molecule has 0 bridgehead atoms. The average molecular weight is 381 g/mol. The Bertz CT molecular complexity index is 684. The van der Waals surface area contributed by atoms with Crippen LogP contribution in [0.15, 0.2) is 60.7 Å². The summed E-state index contributed by atoms with van der Waals surface area (Å²) in [5.74, 6) is 0.0783. The number of nitrogens with one attached hydrogen (secondary N) is 1. The van der Waals surface area contributed by atoms with E-state index in [1.807, 2.05) is 24.3 Å². The van der Waals surface area contributed by atoms with E-state index in [4.69, 9.17) is 4.74 Å². The minimum Gasteiger partial charge on any atom is -0.379 e. The minimum absolute atomic E-state index is 0.0756. The van der Waals surface area contributed by atoms with E-state index in [0.717, 1.165) is 70.6 Å². The molecule has 1 heterocycles. The number of benzene rings is 2. The lowest BCUT2D eigenvalue weighted by Crippen LogP contribution is -2.38. The van der Waals surface area contributed by atoms with E-state index >= 15 is 0 Å². The zero-order valence-corrected chi connectivity index (χ0v) is 16.7. The molecule has 0 radical (unpaired) electrons. The molecular weight excluding hydrogens is 348 g/mol. The van der Waals surface area contributed by atoms with Crippen molar-refractivity contribution in [3.8, 4) is 0 Å². The molecule has 0 spiro atoms. The maximum atomic E-state index is 12.9. The van der Waals surface area contributed by atoms with Crippen molar-refractivity contribution in [3.05, 3.63) is 71.8 Å². The molecule has 4 nitrogen and oxygen atoms in total. The molecule has 28 heavy (non-hydrogen) atoms. The van der Waals surface area contributed by atoms with Gasteiger partial charge in [0, 0.05) is 19.6 Å². The lowest BCUT2D eigenvalue weighted by atomic mass is 9.91. The third-order valence-electron chi connectivity index (χ3n) is 5.37. The van der Waals surface area contributed by atoms with E-state index in [0.29, 0.717) is 0 Å². The lowest BCUT2D eigenvalue weighted by molar-refractivity contribution is -0.122. The molecular formula is C24H32N2O2. The molecule has 1 fully saturated rings. The van der Waals surface area contributed by atoms with Crippen LogP contribution in [-0.4, -0.2) is 50.2 Å². The van der Waals surface area contributed by atoms with Crippen LogP contribution in [0.25, 0.3) is 0 Å². The van der Waals surface area contributed by atoms with Crippen molar-refractivity contribution in [2.45, 2.75) is 31.6 Å². The maximum absolute atomic E-state index is 12.9. The fourth-order valence-electron chi connectivity index (χ4n) is 3.75. The highest BCUT2D eigenvalue weighted by Crippen LogP contribution is 2.22. The zero-order valence-electron chi connectivity index (χ0n) is 16.7. The predicted molar refractivity (Wildman–Crippen MR) is 113 cm³/mol. The minimum atomic E-state index is -0.0756. The van der Waals surface area contributed by atoms with E-state index in [-0.39, 0.29) is 11.8 Å². The van der Waals surface area contributed by atoms with Crippen LogP contribution < -0.4 is 5.32 Å². The summed E-state index contributed by atoms with van der Waals surface area (Å²) in [5, 5.41) is 3.17. The van der Waals surface area contributed by atoms with Gasteiger partial charge in [-0.1, -0.05) is 60.7 Å². The normalized spacial score (nSPS) is 15.9. The number of rotatable bonds is 10. The summed E-state index contributed by atoms with van der Waals surface area (Å²) in [6.07, 6.45) is 3.87. The first-order valence-electron chi connectivity index (χ1n) is 10.5. The van der Waals surface area contributed by atoms with E-state index in [1.54, 1.807) is 0 Å². The zero-order chi connectivity index (χ0) is 19.4. The van der Waals surface area contributed by atoms with E-state index in [1.165, 1.54) is 5.56 Å². The highest BCUT2D eigenvalue weighted by molar-refractivity contribution is 5.83. The highest BCUT2D eigenvalue weighted by atomic mass is 16.5. The van der Waals surface area contributed by atoms with E-state index < -0.39 is 0 Å². The van der Waals surface area contributed by atoms with Crippen LogP contribution >= 0.6 is 0 Å². The standard InChI is InChI=1S/C24H32N2O2/c27-24(25-15-8-16-26-17-19-28-20-18-26)23(22-12-5-2-6-13-22)14-7-11-21-9-3-1-4-10-21/h1-6,9-10,12-13,23H,7-8,11,14-20H2,(H,25,27). The van der Waals surface area contributed by atoms with Gasteiger partial charge in [0.05, 0.1) is 19.1 Å². The van der Waals surface area contributed by atoms with Gasteiger partial charge >= 0.3 is 0 Å². The van der Waals surface area contributed by atoms with Crippen LogP contribution in [0, 0.1) is 0 Å². The number of carbonyl (C=O) groups excluding carboxylic acids is 1. The summed E-state index contributed by atoms with van der Waals surface area (Å²) in [7, 11) is 0. The largest absolute Gasteiger partial charge is 0.379 e. The van der Waals surface area contributed by atoms with Gasteiger partial charge in [-0.2, -0.15) is 0 Å². The second kappa shape index (κ2) is 11.6. The van der Waals surface area contributed by atoms with Crippen LogP contribution in [0.5, 0.6) is 0 Å². The van der Waals surface area contributed by atoms with Crippen molar-refractivity contribution in [1.82, 2.24) is 10.2 Å². The Hall–Kier alpha value is -2.17. The first kappa shape index (κ1) is 20.6. The van der Waals surface area contributed by atoms with Gasteiger partial charge in [0.15, 0.2) is 0 Å². The van der Waals surface area contributed by atoms with Gasteiger partial charge in [0.1, 0.15) is 0 Å². The molecule has 0 aromatic heterocycles. The molecule has 1 amide bonds. The SMILES string of the molecule is O=C(NCCCN1CCOCC1)C(CCCc1ccccc1)c1ccccc1. The van der Waals surface area contributed by atoms with Crippen molar-refractivity contribution >= 4 is 5.91 Å². The van der Waals surface area contributed by atoms with Gasteiger partial charge in [0.25, 0.3) is 0 Å². The van der Waals surface area contributed by atoms with Crippen molar-refractivity contribution in [2.75, 3.05) is 39.4 Å². The Labute approximate surface area is 168 Å². The Balaban J connectivity index is 1.47. The first-order valence-corrected chi connectivity index (χ1v) is 10.5. The molecule has 150 valence electrons. The van der Waals surface area contributed by atoms with Crippen molar-refractivity contribution < 1.29 is 9.53 Å². The molecule has 1 saturated heterocycles. The summed E-state index contributed by atoms with van der Waals surface area (Å²) in [6, 6.07) is 20.7. The van der Waals surface area contributed by atoms with Gasteiger partial charge in [0.2, 0.25) is 5.91 Å². The number of hydrogen-bond donors (Lipinski definition) is 1. The third-order valence-corrected chi connectivity index (χ3v) is 5.37. The summed E-state index contributed by atoms with van der Waals surface area (Å²) < 4.78 is 5.38. The molecule has 0 saturated carbocycles. The van der Waals surface area contributed by atoms with Crippen LogP contribution in [0.1, 0.15) is 36.3 Å². The second-order valence-corrected chi connectivity index (χ2v) is 7.44. The molecule has 2 aromatic rings. The number of morpholine rings is 1. The second-order valence-electron chi connectivity index (χ2n) is 7.44. The molecule has 1 unspecified atom stereocenters. The Morgan fingerprint density at radius 2 is 1.64 bits per heavy atom. The van der Waals surface area contributed by atoms with E-state index in [2.05, 4.69) is 46.6 Å². The first-order chi connectivity index (χ1) is 13.8. The molecule has 4 heteroatoms. The van der Waals surface area contributed by atoms with Crippen molar-refractivity contribution in [2.24, 2.45) is 0 Å². The number of nitrogens with zero attached hydrogens (tertiary/aromatic N) is 1. The predicted octanol–water partition coefficient (Wildman–Crippen LogP) is 3.63. The number of hydrogen-bond acceptors (Lipinski definition) is 3. The summed E-state index contributed by atoms with van der Waals surface area (Å²) >= 11 is 0. The molecule has 1 aliphatic rings. The Morgan fingerprint density at radius 3 is 2.36 bits per heavy atom.